The lowest BCUT2D eigenvalue weighted by Gasteiger charge is -2.31. The van der Waals surface area contributed by atoms with E-state index >= 15 is 0 Å². The van der Waals surface area contributed by atoms with E-state index in [0.717, 1.165) is 23.7 Å². The van der Waals surface area contributed by atoms with Crippen molar-refractivity contribution in [2.24, 2.45) is 16.8 Å². The van der Waals surface area contributed by atoms with Crippen molar-refractivity contribution in [1.29, 1.82) is 0 Å². The van der Waals surface area contributed by atoms with Crippen molar-refractivity contribution in [1.82, 2.24) is 0 Å². The Kier molecular flexibility index (Phi) is 4.78. The third kappa shape index (κ3) is 3.12. The van der Waals surface area contributed by atoms with Gasteiger partial charge in [0.2, 0.25) is 5.84 Å². The molecular weight excluding hydrogens is 307 g/mol. The Morgan fingerprint density at radius 2 is 2.12 bits per heavy atom. The SMILES string of the molecule is COC(=O)C[N+]1=C(c2ccc(F)c(C)c2)N=C1C1CCCCC1C. The first-order valence-corrected chi connectivity index (χ1v) is 8.57. The molecule has 1 aliphatic heterocycles. The Bertz CT molecular complexity index is 724. The monoisotopic (exact) mass is 331 g/mol. The maximum Gasteiger partial charge on any atom is 0.340 e. The number of carbonyl (C=O) groups excluding carboxylic acids is 1. The van der Waals surface area contributed by atoms with Crippen molar-refractivity contribution >= 4 is 17.6 Å². The Morgan fingerprint density at radius 1 is 1.38 bits per heavy atom. The lowest BCUT2D eigenvalue weighted by Crippen LogP contribution is -2.46. The summed E-state index contributed by atoms with van der Waals surface area (Å²) in [4.78, 5) is 16.6. The lowest BCUT2D eigenvalue weighted by atomic mass is 9.79. The van der Waals surface area contributed by atoms with Gasteiger partial charge in [0, 0.05) is 0 Å². The Morgan fingerprint density at radius 3 is 2.79 bits per heavy atom. The summed E-state index contributed by atoms with van der Waals surface area (Å²) in [5.41, 5.74) is 1.41. The van der Waals surface area contributed by atoms with Crippen LogP contribution in [0, 0.1) is 24.6 Å². The fourth-order valence-corrected chi connectivity index (χ4v) is 3.63. The Labute approximate surface area is 142 Å². The second kappa shape index (κ2) is 6.83. The molecular formula is C19H24FN2O2+. The highest BCUT2D eigenvalue weighted by Crippen LogP contribution is 2.33. The zero-order valence-electron chi connectivity index (χ0n) is 14.5. The van der Waals surface area contributed by atoms with Crippen LogP contribution in [0.2, 0.25) is 0 Å². The van der Waals surface area contributed by atoms with E-state index < -0.39 is 0 Å². The summed E-state index contributed by atoms with van der Waals surface area (Å²) in [6.45, 7) is 4.14. The second-order valence-electron chi connectivity index (χ2n) is 6.79. The molecule has 1 saturated carbocycles. The molecule has 1 aromatic rings. The van der Waals surface area contributed by atoms with Crippen LogP contribution in [0.15, 0.2) is 23.2 Å². The zero-order chi connectivity index (χ0) is 17.3. The zero-order valence-corrected chi connectivity index (χ0v) is 14.5. The largest absolute Gasteiger partial charge is 0.467 e. The first-order chi connectivity index (χ1) is 11.5. The van der Waals surface area contributed by atoms with Gasteiger partial charge in [-0.2, -0.15) is 0 Å². The molecule has 3 rings (SSSR count). The predicted octanol–water partition coefficient (Wildman–Crippen LogP) is 3.30. The van der Waals surface area contributed by atoms with Gasteiger partial charge in [-0.05, 0) is 49.4 Å². The van der Waals surface area contributed by atoms with Gasteiger partial charge in [-0.1, -0.05) is 24.8 Å². The first kappa shape index (κ1) is 16.8. The number of hydrogen-bond donors (Lipinski definition) is 0. The number of aryl methyl sites for hydroxylation is 1. The molecule has 1 heterocycles. The quantitative estimate of drug-likeness (QED) is 0.627. The van der Waals surface area contributed by atoms with Gasteiger partial charge < -0.3 is 4.74 Å². The predicted molar refractivity (Wildman–Crippen MR) is 90.9 cm³/mol. The molecule has 0 amide bonds. The van der Waals surface area contributed by atoms with Crippen molar-refractivity contribution in [3.63, 3.8) is 0 Å². The van der Waals surface area contributed by atoms with Crippen LogP contribution in [-0.4, -0.2) is 35.9 Å². The molecule has 0 saturated heterocycles. The first-order valence-electron chi connectivity index (χ1n) is 8.57. The van der Waals surface area contributed by atoms with Crippen LogP contribution in [0.5, 0.6) is 0 Å². The Balaban J connectivity index is 1.92. The molecule has 24 heavy (non-hydrogen) atoms. The number of esters is 1. The minimum atomic E-state index is -0.290. The van der Waals surface area contributed by atoms with E-state index in [1.165, 1.54) is 32.4 Å². The molecule has 1 fully saturated rings. The maximum absolute atomic E-state index is 13.5. The molecule has 1 aliphatic carbocycles. The maximum atomic E-state index is 13.5. The van der Waals surface area contributed by atoms with E-state index in [4.69, 9.17) is 9.73 Å². The molecule has 4 nitrogen and oxygen atoms in total. The summed E-state index contributed by atoms with van der Waals surface area (Å²) < 4.78 is 20.3. The molecule has 2 aliphatic rings. The van der Waals surface area contributed by atoms with Gasteiger partial charge in [-0.3, -0.25) is 0 Å². The van der Waals surface area contributed by atoms with Crippen molar-refractivity contribution in [3.05, 3.63) is 35.1 Å². The number of rotatable bonds is 4. The van der Waals surface area contributed by atoms with Gasteiger partial charge in [-0.25, -0.2) is 13.8 Å². The molecule has 0 radical (unpaired) electrons. The summed E-state index contributed by atoms with van der Waals surface area (Å²) in [6, 6.07) is 4.94. The van der Waals surface area contributed by atoms with E-state index in [2.05, 4.69) is 6.92 Å². The van der Waals surface area contributed by atoms with Crippen molar-refractivity contribution in [3.8, 4) is 0 Å². The number of hydrogen-bond acceptors (Lipinski definition) is 3. The standard InChI is InChI=1S/C19H24FN2O2/c1-12-6-4-5-7-15(12)19-21-18(22(19)11-17(23)24-3)14-8-9-16(20)13(2)10-14/h8-10,12,15H,4-7,11H2,1-3H3/q+1. The van der Waals surface area contributed by atoms with Gasteiger partial charge in [0.25, 0.3) is 5.84 Å². The number of methoxy groups -OCH3 is 1. The molecule has 2 atom stereocenters. The van der Waals surface area contributed by atoms with Crippen molar-refractivity contribution < 1.29 is 18.5 Å². The van der Waals surface area contributed by atoms with E-state index in [1.54, 1.807) is 19.1 Å². The van der Waals surface area contributed by atoms with E-state index in [1.807, 2.05) is 4.58 Å². The average Bonchev–Trinajstić information content (AvgIpc) is 2.56. The van der Waals surface area contributed by atoms with Gasteiger partial charge in [0.1, 0.15) is 5.82 Å². The number of amidine groups is 2. The molecule has 1 aromatic carbocycles. The van der Waals surface area contributed by atoms with Crippen LogP contribution >= 0.6 is 0 Å². The van der Waals surface area contributed by atoms with Gasteiger partial charge in [-0.15, -0.1) is 0 Å². The van der Waals surface area contributed by atoms with Crippen LogP contribution in [0.4, 0.5) is 4.39 Å². The number of aliphatic imine (C=N–C) groups is 1. The smallest absolute Gasteiger partial charge is 0.340 e. The molecule has 0 spiro atoms. The summed E-state index contributed by atoms with van der Waals surface area (Å²) in [5.74, 6) is 2.13. The van der Waals surface area contributed by atoms with Gasteiger partial charge in [0.05, 0.1) is 18.6 Å². The fraction of sp³-hybridized carbons (Fsp3) is 0.526. The third-order valence-corrected chi connectivity index (χ3v) is 5.13. The second-order valence-corrected chi connectivity index (χ2v) is 6.79. The number of benzene rings is 1. The highest BCUT2D eigenvalue weighted by Gasteiger charge is 2.40. The number of halogens is 1. The Hall–Kier alpha value is -2.04. The highest BCUT2D eigenvalue weighted by molar-refractivity contribution is 6.11. The van der Waals surface area contributed by atoms with Crippen LogP contribution in [0.25, 0.3) is 0 Å². The van der Waals surface area contributed by atoms with E-state index in [9.17, 15) is 9.18 Å². The molecule has 5 heteroatoms. The summed E-state index contributed by atoms with van der Waals surface area (Å²) >= 11 is 0. The van der Waals surface area contributed by atoms with E-state index in [-0.39, 0.29) is 18.3 Å². The van der Waals surface area contributed by atoms with Crippen LogP contribution in [0.3, 0.4) is 0 Å². The minimum Gasteiger partial charge on any atom is -0.467 e. The fourth-order valence-electron chi connectivity index (χ4n) is 3.63. The molecule has 0 aromatic heterocycles. The van der Waals surface area contributed by atoms with Gasteiger partial charge in [0.15, 0.2) is 6.54 Å². The molecule has 0 N–H and O–H groups in total. The number of ether oxygens (including phenoxy) is 1. The van der Waals surface area contributed by atoms with Crippen LogP contribution < -0.4 is 0 Å². The van der Waals surface area contributed by atoms with Crippen LogP contribution in [-0.2, 0) is 9.53 Å². The normalized spacial score (nSPS) is 23.6. The topological polar surface area (TPSA) is 41.7 Å². The number of nitrogens with zero attached hydrogens (tertiary/aromatic N) is 2. The number of carbonyl (C=O) groups is 1. The molecule has 0 bridgehead atoms. The summed E-state index contributed by atoms with van der Waals surface area (Å²) in [7, 11) is 1.39. The molecule has 2 unspecified atom stereocenters. The summed E-state index contributed by atoms with van der Waals surface area (Å²) in [6.07, 6.45) is 4.76. The van der Waals surface area contributed by atoms with Crippen molar-refractivity contribution in [2.45, 2.75) is 39.5 Å². The van der Waals surface area contributed by atoms with Crippen molar-refractivity contribution in [2.75, 3.05) is 13.7 Å². The summed E-state index contributed by atoms with van der Waals surface area (Å²) in [5, 5.41) is 0. The highest BCUT2D eigenvalue weighted by atomic mass is 19.1. The third-order valence-electron chi connectivity index (χ3n) is 5.13. The van der Waals surface area contributed by atoms with E-state index in [0.29, 0.717) is 17.4 Å². The van der Waals surface area contributed by atoms with Crippen LogP contribution in [0.1, 0.15) is 43.7 Å². The molecule has 128 valence electrons. The average molecular weight is 331 g/mol. The lowest BCUT2D eigenvalue weighted by molar-refractivity contribution is -0.418. The van der Waals surface area contributed by atoms with Gasteiger partial charge >= 0.3 is 5.97 Å². The minimum absolute atomic E-state index is 0.157.